The highest BCUT2D eigenvalue weighted by atomic mass is 16.3. The first-order chi connectivity index (χ1) is 13.1. The number of aromatic hydroxyl groups is 1. The molecule has 3 aromatic rings. The highest BCUT2D eigenvalue weighted by Crippen LogP contribution is 2.33. The molecule has 0 bridgehead atoms. The molecule has 2 N–H and O–H groups in total. The van der Waals surface area contributed by atoms with Crippen LogP contribution in [0.1, 0.15) is 40.5 Å². The summed E-state index contributed by atoms with van der Waals surface area (Å²) in [5.41, 5.74) is 4.58. The largest absolute Gasteiger partial charge is 0.505 e. The van der Waals surface area contributed by atoms with Crippen LogP contribution in [-0.4, -0.2) is 44.2 Å². The van der Waals surface area contributed by atoms with Gasteiger partial charge in [-0.15, -0.1) is 0 Å². The standard InChI is InChI=1S/C21H22N4O2/c1-14-6-8-15(9-7-14)17-12-23-24-19(17)16-4-3-11-25(13-16)21(27)20-18(26)5-2-10-22-20/h2,5-10,12,16,26H,3-4,11,13H2,1H3,(H,23,24)/t16-/m1/s1. The molecule has 1 aliphatic rings. The molecule has 0 saturated carbocycles. The molecule has 1 saturated heterocycles. The Balaban J connectivity index is 1.58. The van der Waals surface area contributed by atoms with Gasteiger partial charge in [0.1, 0.15) is 5.75 Å². The second-order valence-corrected chi connectivity index (χ2v) is 7.02. The molecule has 138 valence electrons. The molecule has 0 aliphatic carbocycles. The van der Waals surface area contributed by atoms with Gasteiger partial charge in [-0.3, -0.25) is 9.89 Å². The summed E-state index contributed by atoms with van der Waals surface area (Å²) in [6, 6.07) is 11.5. The van der Waals surface area contributed by atoms with Crippen LogP contribution in [-0.2, 0) is 0 Å². The Bertz CT molecular complexity index is 949. The first-order valence-corrected chi connectivity index (χ1v) is 9.17. The summed E-state index contributed by atoms with van der Waals surface area (Å²) in [5.74, 6) is -0.131. The summed E-state index contributed by atoms with van der Waals surface area (Å²) in [4.78, 5) is 18.6. The molecule has 2 aromatic heterocycles. The van der Waals surface area contributed by atoms with Crippen molar-refractivity contribution in [3.8, 4) is 16.9 Å². The van der Waals surface area contributed by atoms with Gasteiger partial charge in [0.2, 0.25) is 0 Å². The lowest BCUT2D eigenvalue weighted by Gasteiger charge is -2.32. The molecule has 0 radical (unpaired) electrons. The van der Waals surface area contributed by atoms with Crippen molar-refractivity contribution in [1.82, 2.24) is 20.1 Å². The first-order valence-electron chi connectivity index (χ1n) is 9.17. The van der Waals surface area contributed by atoms with Crippen molar-refractivity contribution in [1.29, 1.82) is 0 Å². The van der Waals surface area contributed by atoms with Crippen LogP contribution < -0.4 is 0 Å². The van der Waals surface area contributed by atoms with Crippen LogP contribution >= 0.6 is 0 Å². The Morgan fingerprint density at radius 1 is 1.26 bits per heavy atom. The topological polar surface area (TPSA) is 82.1 Å². The number of aromatic amines is 1. The molecular weight excluding hydrogens is 340 g/mol. The minimum Gasteiger partial charge on any atom is -0.505 e. The van der Waals surface area contributed by atoms with Crippen molar-refractivity contribution in [3.05, 3.63) is 65.7 Å². The first kappa shape index (κ1) is 17.3. The normalized spacial score (nSPS) is 17.1. The van der Waals surface area contributed by atoms with E-state index in [4.69, 9.17) is 0 Å². The van der Waals surface area contributed by atoms with E-state index in [2.05, 4.69) is 46.4 Å². The monoisotopic (exact) mass is 362 g/mol. The molecule has 4 rings (SSSR count). The maximum Gasteiger partial charge on any atom is 0.276 e. The lowest BCUT2D eigenvalue weighted by atomic mass is 9.90. The Morgan fingerprint density at radius 3 is 2.85 bits per heavy atom. The number of rotatable bonds is 3. The zero-order valence-electron chi connectivity index (χ0n) is 15.2. The molecule has 6 heteroatoms. The summed E-state index contributed by atoms with van der Waals surface area (Å²) in [7, 11) is 0. The molecule has 1 atom stereocenters. The molecule has 0 unspecified atom stereocenters. The minimum absolute atomic E-state index is 0.0773. The lowest BCUT2D eigenvalue weighted by molar-refractivity contribution is 0.0696. The fourth-order valence-corrected chi connectivity index (χ4v) is 3.68. The molecular formula is C21H22N4O2. The number of carbonyl (C=O) groups is 1. The van der Waals surface area contributed by atoms with E-state index in [0.717, 1.165) is 29.7 Å². The van der Waals surface area contributed by atoms with Gasteiger partial charge in [-0.05, 0) is 37.5 Å². The number of piperidine rings is 1. The van der Waals surface area contributed by atoms with Gasteiger partial charge in [0.05, 0.1) is 6.20 Å². The Hall–Kier alpha value is -3.15. The van der Waals surface area contributed by atoms with Crippen LogP contribution in [0, 0.1) is 6.92 Å². The van der Waals surface area contributed by atoms with Crippen molar-refractivity contribution in [2.24, 2.45) is 0 Å². The van der Waals surface area contributed by atoms with E-state index in [-0.39, 0.29) is 23.3 Å². The molecule has 6 nitrogen and oxygen atoms in total. The summed E-state index contributed by atoms with van der Waals surface area (Å²) in [5, 5.41) is 17.4. The SMILES string of the molecule is Cc1ccc(-c2cn[nH]c2[C@@H]2CCCN(C(=O)c3ncccc3O)C2)cc1. The third kappa shape index (κ3) is 3.43. The second kappa shape index (κ2) is 7.23. The van der Waals surface area contributed by atoms with Gasteiger partial charge >= 0.3 is 0 Å². The maximum absolute atomic E-state index is 12.8. The van der Waals surface area contributed by atoms with Crippen LogP contribution in [0.4, 0.5) is 0 Å². The van der Waals surface area contributed by atoms with E-state index in [0.29, 0.717) is 13.1 Å². The summed E-state index contributed by atoms with van der Waals surface area (Å²) < 4.78 is 0. The average molecular weight is 362 g/mol. The van der Waals surface area contributed by atoms with Crippen molar-refractivity contribution in [3.63, 3.8) is 0 Å². The number of nitrogens with one attached hydrogen (secondary N) is 1. The van der Waals surface area contributed by atoms with Crippen LogP contribution in [0.25, 0.3) is 11.1 Å². The number of nitrogens with zero attached hydrogens (tertiary/aromatic N) is 3. The molecule has 1 amide bonds. The van der Waals surface area contributed by atoms with E-state index in [1.165, 1.54) is 17.8 Å². The number of aryl methyl sites for hydroxylation is 1. The molecule has 27 heavy (non-hydrogen) atoms. The van der Waals surface area contributed by atoms with Gasteiger partial charge in [0.15, 0.2) is 5.69 Å². The molecule has 3 heterocycles. The Labute approximate surface area is 157 Å². The molecule has 1 fully saturated rings. The van der Waals surface area contributed by atoms with Gasteiger partial charge in [-0.1, -0.05) is 29.8 Å². The van der Waals surface area contributed by atoms with E-state index < -0.39 is 0 Å². The molecule has 1 aromatic carbocycles. The van der Waals surface area contributed by atoms with Crippen LogP contribution in [0.5, 0.6) is 5.75 Å². The second-order valence-electron chi connectivity index (χ2n) is 7.02. The third-order valence-corrected chi connectivity index (χ3v) is 5.14. The predicted molar refractivity (Wildman–Crippen MR) is 103 cm³/mol. The van der Waals surface area contributed by atoms with E-state index in [1.807, 2.05) is 6.20 Å². The van der Waals surface area contributed by atoms with Crippen molar-refractivity contribution in [2.45, 2.75) is 25.7 Å². The van der Waals surface area contributed by atoms with Gasteiger partial charge < -0.3 is 10.0 Å². The zero-order chi connectivity index (χ0) is 18.8. The van der Waals surface area contributed by atoms with Crippen molar-refractivity contribution < 1.29 is 9.90 Å². The number of aromatic nitrogens is 3. The number of amides is 1. The number of carbonyl (C=O) groups excluding carboxylic acids is 1. The van der Waals surface area contributed by atoms with E-state index >= 15 is 0 Å². The van der Waals surface area contributed by atoms with Crippen LogP contribution in [0.2, 0.25) is 0 Å². The van der Waals surface area contributed by atoms with Crippen LogP contribution in [0.3, 0.4) is 0 Å². The minimum atomic E-state index is -0.228. The van der Waals surface area contributed by atoms with Gasteiger partial charge in [-0.2, -0.15) is 5.10 Å². The highest BCUT2D eigenvalue weighted by molar-refractivity contribution is 5.94. The number of pyridine rings is 1. The molecule has 0 spiro atoms. The summed E-state index contributed by atoms with van der Waals surface area (Å²) in [6.07, 6.45) is 5.26. The van der Waals surface area contributed by atoms with Gasteiger partial charge in [-0.25, -0.2) is 4.98 Å². The van der Waals surface area contributed by atoms with Crippen molar-refractivity contribution in [2.75, 3.05) is 13.1 Å². The number of H-pyrrole nitrogens is 1. The Kier molecular flexibility index (Phi) is 4.62. The fourth-order valence-electron chi connectivity index (χ4n) is 3.68. The van der Waals surface area contributed by atoms with Gasteiger partial charge in [0.25, 0.3) is 5.91 Å². The Morgan fingerprint density at radius 2 is 2.07 bits per heavy atom. The third-order valence-electron chi connectivity index (χ3n) is 5.14. The number of hydrogen-bond acceptors (Lipinski definition) is 4. The average Bonchev–Trinajstić information content (AvgIpc) is 3.18. The highest BCUT2D eigenvalue weighted by Gasteiger charge is 2.29. The summed E-state index contributed by atoms with van der Waals surface area (Å²) in [6.45, 7) is 3.31. The van der Waals surface area contributed by atoms with Gasteiger partial charge in [0, 0.05) is 36.5 Å². The van der Waals surface area contributed by atoms with Crippen LogP contribution in [0.15, 0.2) is 48.8 Å². The zero-order valence-corrected chi connectivity index (χ0v) is 15.2. The summed E-state index contributed by atoms with van der Waals surface area (Å²) >= 11 is 0. The number of hydrogen-bond donors (Lipinski definition) is 2. The maximum atomic E-state index is 12.8. The van der Waals surface area contributed by atoms with E-state index in [9.17, 15) is 9.90 Å². The molecule has 1 aliphatic heterocycles. The fraction of sp³-hybridized carbons (Fsp3) is 0.286. The number of benzene rings is 1. The predicted octanol–water partition coefficient (Wildman–Crippen LogP) is 3.51. The lowest BCUT2D eigenvalue weighted by Crippen LogP contribution is -2.39. The van der Waals surface area contributed by atoms with Crippen molar-refractivity contribution >= 4 is 5.91 Å². The van der Waals surface area contributed by atoms with E-state index in [1.54, 1.807) is 11.0 Å². The smallest absolute Gasteiger partial charge is 0.276 e. The quantitative estimate of drug-likeness (QED) is 0.747. The number of likely N-dealkylation sites (tertiary alicyclic amines) is 1.